The van der Waals surface area contributed by atoms with Crippen LogP contribution in [0.15, 0.2) is 18.2 Å². The van der Waals surface area contributed by atoms with E-state index in [9.17, 15) is 4.39 Å². The maximum atomic E-state index is 13.3. The number of anilines is 1. The van der Waals surface area contributed by atoms with Crippen LogP contribution in [-0.2, 0) is 4.74 Å². The highest BCUT2D eigenvalue weighted by molar-refractivity contribution is 5.42. The van der Waals surface area contributed by atoms with Crippen molar-refractivity contribution >= 4 is 5.69 Å². The largest absolute Gasteiger partial charge is 0.485 e. The lowest BCUT2D eigenvalue weighted by atomic mass is 10.3. The number of nitrogen functional groups attached to an aromatic ring is 1. The van der Waals surface area contributed by atoms with Crippen LogP contribution >= 0.6 is 0 Å². The van der Waals surface area contributed by atoms with Crippen molar-refractivity contribution in [2.75, 3.05) is 18.9 Å². The molecule has 0 heterocycles. The first-order chi connectivity index (χ1) is 7.13. The third-order valence-electron chi connectivity index (χ3n) is 1.84. The summed E-state index contributed by atoms with van der Waals surface area (Å²) in [6.07, 6.45) is -0.178. The Labute approximate surface area is 89.0 Å². The van der Waals surface area contributed by atoms with Gasteiger partial charge in [-0.25, -0.2) is 4.39 Å². The smallest absolute Gasteiger partial charge is 0.167 e. The van der Waals surface area contributed by atoms with Crippen molar-refractivity contribution in [3.63, 3.8) is 0 Å². The van der Waals surface area contributed by atoms with E-state index < -0.39 is 5.82 Å². The van der Waals surface area contributed by atoms with Gasteiger partial charge in [0.15, 0.2) is 11.6 Å². The van der Waals surface area contributed by atoms with Gasteiger partial charge in [-0.1, -0.05) is 0 Å². The molecule has 1 rings (SSSR count). The standard InChI is InChI=1S/C11H16FNO2/c1-3-14-7-8(2)15-11-5-4-9(13)6-10(11)12/h4-6,8H,3,7,13H2,1-2H3. The summed E-state index contributed by atoms with van der Waals surface area (Å²) in [5.74, 6) is -0.241. The van der Waals surface area contributed by atoms with E-state index in [-0.39, 0.29) is 11.9 Å². The van der Waals surface area contributed by atoms with Gasteiger partial charge < -0.3 is 15.2 Å². The molecule has 1 aromatic carbocycles. The Morgan fingerprint density at radius 3 is 2.80 bits per heavy atom. The highest BCUT2D eigenvalue weighted by atomic mass is 19.1. The van der Waals surface area contributed by atoms with Crippen LogP contribution in [0.1, 0.15) is 13.8 Å². The average Bonchev–Trinajstić information content (AvgIpc) is 2.19. The molecule has 4 heteroatoms. The average molecular weight is 213 g/mol. The fourth-order valence-corrected chi connectivity index (χ4v) is 1.15. The Balaban J connectivity index is 2.56. The predicted octanol–water partition coefficient (Wildman–Crippen LogP) is 2.21. The van der Waals surface area contributed by atoms with Gasteiger partial charge in [-0.3, -0.25) is 0 Å². The van der Waals surface area contributed by atoms with Gasteiger partial charge in [-0.05, 0) is 26.0 Å². The van der Waals surface area contributed by atoms with Crippen LogP contribution in [0.25, 0.3) is 0 Å². The lowest BCUT2D eigenvalue weighted by Gasteiger charge is -2.15. The monoisotopic (exact) mass is 213 g/mol. The lowest BCUT2D eigenvalue weighted by Crippen LogP contribution is -2.19. The molecule has 0 bridgehead atoms. The summed E-state index contributed by atoms with van der Waals surface area (Å²) in [4.78, 5) is 0. The van der Waals surface area contributed by atoms with Gasteiger partial charge in [-0.15, -0.1) is 0 Å². The summed E-state index contributed by atoms with van der Waals surface area (Å²) in [7, 11) is 0. The van der Waals surface area contributed by atoms with Gasteiger partial charge in [0.25, 0.3) is 0 Å². The normalized spacial score (nSPS) is 12.5. The highest BCUT2D eigenvalue weighted by Gasteiger charge is 2.08. The van der Waals surface area contributed by atoms with Crippen LogP contribution in [0, 0.1) is 5.82 Å². The van der Waals surface area contributed by atoms with Crippen LogP contribution in [0.2, 0.25) is 0 Å². The molecular formula is C11H16FNO2. The first-order valence-electron chi connectivity index (χ1n) is 4.93. The minimum Gasteiger partial charge on any atom is -0.485 e. The van der Waals surface area contributed by atoms with Crippen molar-refractivity contribution in [3.8, 4) is 5.75 Å². The summed E-state index contributed by atoms with van der Waals surface area (Å²) >= 11 is 0. The SMILES string of the molecule is CCOCC(C)Oc1ccc(N)cc1F. The Hall–Kier alpha value is -1.29. The van der Waals surface area contributed by atoms with Gasteiger partial charge >= 0.3 is 0 Å². The Morgan fingerprint density at radius 2 is 2.20 bits per heavy atom. The molecule has 2 N–H and O–H groups in total. The van der Waals surface area contributed by atoms with Gasteiger partial charge in [-0.2, -0.15) is 0 Å². The van der Waals surface area contributed by atoms with Crippen molar-refractivity contribution in [2.45, 2.75) is 20.0 Å². The molecular weight excluding hydrogens is 197 g/mol. The molecule has 1 aromatic rings. The second-order valence-electron chi connectivity index (χ2n) is 3.28. The second kappa shape index (κ2) is 5.56. The molecule has 1 unspecified atom stereocenters. The summed E-state index contributed by atoms with van der Waals surface area (Å²) in [6.45, 7) is 4.79. The third kappa shape index (κ3) is 3.75. The van der Waals surface area contributed by atoms with Crippen LogP contribution in [0.4, 0.5) is 10.1 Å². The molecule has 0 saturated carbocycles. The predicted molar refractivity (Wildman–Crippen MR) is 57.4 cm³/mol. The molecule has 0 aromatic heterocycles. The number of hydrogen-bond acceptors (Lipinski definition) is 3. The fraction of sp³-hybridized carbons (Fsp3) is 0.455. The number of ether oxygens (including phenoxy) is 2. The van der Waals surface area contributed by atoms with Gasteiger partial charge in [0, 0.05) is 18.4 Å². The number of rotatable bonds is 5. The van der Waals surface area contributed by atoms with Crippen LogP contribution in [0.5, 0.6) is 5.75 Å². The molecule has 0 aliphatic heterocycles. The quantitative estimate of drug-likeness (QED) is 0.763. The molecule has 84 valence electrons. The maximum Gasteiger partial charge on any atom is 0.167 e. The number of hydrogen-bond donors (Lipinski definition) is 1. The molecule has 0 aliphatic rings. The Morgan fingerprint density at radius 1 is 1.47 bits per heavy atom. The Bertz CT molecular complexity index is 317. The van der Waals surface area contributed by atoms with E-state index in [1.165, 1.54) is 12.1 Å². The minimum absolute atomic E-state index is 0.178. The molecule has 0 radical (unpaired) electrons. The Kier molecular flexibility index (Phi) is 4.37. The molecule has 0 spiro atoms. The zero-order valence-electron chi connectivity index (χ0n) is 9.00. The van der Waals surface area contributed by atoms with E-state index in [0.717, 1.165) is 0 Å². The molecule has 1 atom stereocenters. The zero-order chi connectivity index (χ0) is 11.3. The molecule has 15 heavy (non-hydrogen) atoms. The van der Waals surface area contributed by atoms with Gasteiger partial charge in [0.1, 0.15) is 6.10 Å². The summed E-state index contributed by atoms with van der Waals surface area (Å²) in [5, 5.41) is 0. The van der Waals surface area contributed by atoms with Gasteiger partial charge in [0.05, 0.1) is 6.61 Å². The van der Waals surface area contributed by atoms with Crippen molar-refractivity contribution < 1.29 is 13.9 Å². The van der Waals surface area contributed by atoms with Crippen LogP contribution in [-0.4, -0.2) is 19.3 Å². The van der Waals surface area contributed by atoms with Gasteiger partial charge in [0.2, 0.25) is 0 Å². The highest BCUT2D eigenvalue weighted by Crippen LogP contribution is 2.20. The summed E-state index contributed by atoms with van der Waals surface area (Å²) < 4.78 is 23.8. The second-order valence-corrected chi connectivity index (χ2v) is 3.28. The van der Waals surface area contributed by atoms with E-state index in [0.29, 0.717) is 18.9 Å². The minimum atomic E-state index is -0.446. The molecule has 0 saturated heterocycles. The summed E-state index contributed by atoms with van der Waals surface area (Å²) in [5.41, 5.74) is 5.80. The third-order valence-corrected chi connectivity index (χ3v) is 1.84. The lowest BCUT2D eigenvalue weighted by molar-refractivity contribution is 0.0637. The van der Waals surface area contributed by atoms with Crippen molar-refractivity contribution in [1.82, 2.24) is 0 Å². The molecule has 0 fully saturated rings. The topological polar surface area (TPSA) is 44.5 Å². The van der Waals surface area contributed by atoms with E-state index in [1.807, 2.05) is 13.8 Å². The first kappa shape index (κ1) is 11.8. The fourth-order valence-electron chi connectivity index (χ4n) is 1.15. The zero-order valence-corrected chi connectivity index (χ0v) is 9.00. The molecule has 0 aliphatic carbocycles. The van der Waals surface area contributed by atoms with Crippen molar-refractivity contribution in [1.29, 1.82) is 0 Å². The molecule has 3 nitrogen and oxygen atoms in total. The van der Waals surface area contributed by atoms with Crippen LogP contribution in [0.3, 0.4) is 0 Å². The van der Waals surface area contributed by atoms with E-state index >= 15 is 0 Å². The summed E-state index contributed by atoms with van der Waals surface area (Å²) in [6, 6.07) is 4.36. The van der Waals surface area contributed by atoms with Crippen LogP contribution < -0.4 is 10.5 Å². The van der Waals surface area contributed by atoms with Crippen molar-refractivity contribution in [3.05, 3.63) is 24.0 Å². The van der Waals surface area contributed by atoms with E-state index in [2.05, 4.69) is 0 Å². The van der Waals surface area contributed by atoms with Crippen molar-refractivity contribution in [2.24, 2.45) is 0 Å². The maximum absolute atomic E-state index is 13.3. The van der Waals surface area contributed by atoms with E-state index in [1.54, 1.807) is 6.07 Å². The number of benzene rings is 1. The molecule has 0 amide bonds. The number of halogens is 1. The van der Waals surface area contributed by atoms with E-state index in [4.69, 9.17) is 15.2 Å². The number of nitrogens with two attached hydrogens (primary N) is 1. The first-order valence-corrected chi connectivity index (χ1v) is 4.93.